The first-order chi connectivity index (χ1) is 8.97. The molecule has 2 aromatic rings. The SMILES string of the molecule is CC(C)C(N)c1ccn(Cc2ccc(Br)cc2F)c1. The van der Waals surface area contributed by atoms with Gasteiger partial charge in [0.15, 0.2) is 0 Å². The maximum Gasteiger partial charge on any atom is 0.129 e. The summed E-state index contributed by atoms with van der Waals surface area (Å²) in [5.74, 6) is 0.193. The Morgan fingerprint density at radius 2 is 2.05 bits per heavy atom. The molecule has 0 fully saturated rings. The second-order valence-electron chi connectivity index (χ2n) is 5.12. The van der Waals surface area contributed by atoms with E-state index >= 15 is 0 Å². The Morgan fingerprint density at radius 3 is 2.68 bits per heavy atom. The summed E-state index contributed by atoms with van der Waals surface area (Å²) in [6, 6.07) is 7.15. The highest BCUT2D eigenvalue weighted by atomic mass is 79.9. The lowest BCUT2D eigenvalue weighted by Gasteiger charge is -2.13. The third-order valence-electron chi connectivity index (χ3n) is 3.24. The molecular weight excluding hydrogens is 307 g/mol. The first-order valence-corrected chi connectivity index (χ1v) is 7.12. The van der Waals surface area contributed by atoms with Crippen LogP contribution in [0.4, 0.5) is 4.39 Å². The van der Waals surface area contributed by atoms with E-state index in [1.54, 1.807) is 6.07 Å². The quantitative estimate of drug-likeness (QED) is 0.902. The average molecular weight is 325 g/mol. The number of nitrogens with two attached hydrogens (primary N) is 1. The van der Waals surface area contributed by atoms with Gasteiger partial charge in [0.1, 0.15) is 5.82 Å². The highest BCUT2D eigenvalue weighted by Crippen LogP contribution is 2.20. The van der Waals surface area contributed by atoms with Gasteiger partial charge in [0, 0.05) is 35.0 Å². The fourth-order valence-corrected chi connectivity index (χ4v) is 2.32. The average Bonchev–Trinajstić information content (AvgIpc) is 2.80. The van der Waals surface area contributed by atoms with Crippen molar-refractivity contribution in [3.05, 3.63) is 58.1 Å². The first kappa shape index (κ1) is 14.3. The lowest BCUT2D eigenvalue weighted by molar-refractivity contribution is 0.513. The zero-order valence-corrected chi connectivity index (χ0v) is 12.7. The molecule has 2 rings (SSSR count). The summed E-state index contributed by atoms with van der Waals surface area (Å²) in [4.78, 5) is 0. The van der Waals surface area contributed by atoms with E-state index in [4.69, 9.17) is 5.73 Å². The molecule has 2 nitrogen and oxygen atoms in total. The molecule has 0 aliphatic carbocycles. The maximum absolute atomic E-state index is 13.8. The molecule has 1 aromatic carbocycles. The number of benzene rings is 1. The van der Waals surface area contributed by atoms with Crippen LogP contribution < -0.4 is 5.73 Å². The van der Waals surface area contributed by atoms with Gasteiger partial charge in [-0.2, -0.15) is 0 Å². The summed E-state index contributed by atoms with van der Waals surface area (Å²) in [5, 5.41) is 0. The topological polar surface area (TPSA) is 30.9 Å². The maximum atomic E-state index is 13.8. The van der Waals surface area contributed by atoms with Gasteiger partial charge in [-0.1, -0.05) is 35.8 Å². The van der Waals surface area contributed by atoms with E-state index in [9.17, 15) is 4.39 Å². The van der Waals surface area contributed by atoms with Crippen molar-refractivity contribution in [3.8, 4) is 0 Å². The van der Waals surface area contributed by atoms with Gasteiger partial charge in [0.2, 0.25) is 0 Å². The number of hydrogen-bond acceptors (Lipinski definition) is 1. The molecule has 0 aliphatic heterocycles. The van der Waals surface area contributed by atoms with Gasteiger partial charge in [0.25, 0.3) is 0 Å². The minimum Gasteiger partial charge on any atom is -0.349 e. The predicted octanol–water partition coefficient (Wildman–Crippen LogP) is 4.09. The van der Waals surface area contributed by atoms with Crippen molar-refractivity contribution in [2.24, 2.45) is 11.7 Å². The van der Waals surface area contributed by atoms with Crippen LogP contribution in [0, 0.1) is 11.7 Å². The van der Waals surface area contributed by atoms with Gasteiger partial charge in [-0.3, -0.25) is 0 Å². The van der Waals surface area contributed by atoms with Crippen molar-refractivity contribution in [2.45, 2.75) is 26.4 Å². The molecule has 0 bridgehead atoms. The minimum atomic E-state index is -0.196. The second kappa shape index (κ2) is 5.88. The Balaban J connectivity index is 2.16. The molecule has 1 unspecified atom stereocenters. The van der Waals surface area contributed by atoms with Gasteiger partial charge in [0.05, 0.1) is 0 Å². The van der Waals surface area contributed by atoms with E-state index in [2.05, 4.69) is 29.8 Å². The summed E-state index contributed by atoms with van der Waals surface area (Å²) in [6.07, 6.45) is 3.94. The van der Waals surface area contributed by atoms with Gasteiger partial charge in [-0.25, -0.2) is 4.39 Å². The van der Waals surface area contributed by atoms with Crippen molar-refractivity contribution < 1.29 is 4.39 Å². The van der Waals surface area contributed by atoms with E-state index in [0.29, 0.717) is 18.0 Å². The molecule has 0 radical (unpaired) electrons. The summed E-state index contributed by atoms with van der Waals surface area (Å²) < 4.78 is 16.5. The molecule has 1 heterocycles. The molecule has 0 aliphatic rings. The molecule has 4 heteroatoms. The molecule has 102 valence electrons. The number of halogens is 2. The van der Waals surface area contributed by atoms with Crippen LogP contribution >= 0.6 is 15.9 Å². The zero-order chi connectivity index (χ0) is 14.0. The van der Waals surface area contributed by atoms with Gasteiger partial charge in [-0.05, 0) is 29.7 Å². The number of aromatic nitrogens is 1. The predicted molar refractivity (Wildman–Crippen MR) is 79.4 cm³/mol. The lowest BCUT2D eigenvalue weighted by atomic mass is 10.00. The van der Waals surface area contributed by atoms with Crippen LogP contribution in [0.25, 0.3) is 0 Å². The standard InChI is InChI=1S/C15H18BrFN2/c1-10(2)15(18)12-5-6-19(9-12)8-11-3-4-13(16)7-14(11)17/h3-7,9-10,15H,8,18H2,1-2H3. The van der Waals surface area contributed by atoms with E-state index in [0.717, 1.165) is 10.0 Å². The van der Waals surface area contributed by atoms with Crippen molar-refractivity contribution in [1.29, 1.82) is 0 Å². The van der Waals surface area contributed by atoms with Crippen LogP contribution in [0.1, 0.15) is 31.0 Å². The second-order valence-corrected chi connectivity index (χ2v) is 6.04. The summed E-state index contributed by atoms with van der Waals surface area (Å²) in [7, 11) is 0. The lowest BCUT2D eigenvalue weighted by Crippen LogP contribution is -2.15. The fourth-order valence-electron chi connectivity index (χ4n) is 1.99. The molecule has 0 saturated carbocycles. The van der Waals surface area contributed by atoms with Crippen molar-refractivity contribution >= 4 is 15.9 Å². The van der Waals surface area contributed by atoms with E-state index in [1.165, 1.54) is 6.07 Å². The molecule has 2 N–H and O–H groups in total. The smallest absolute Gasteiger partial charge is 0.129 e. The molecule has 19 heavy (non-hydrogen) atoms. The Bertz CT molecular complexity index is 563. The number of hydrogen-bond donors (Lipinski definition) is 1. The summed E-state index contributed by atoms with van der Waals surface area (Å²) in [6.45, 7) is 4.71. The van der Waals surface area contributed by atoms with Gasteiger partial charge in [-0.15, -0.1) is 0 Å². The normalized spacial score (nSPS) is 12.9. The Hall–Kier alpha value is -1.13. The van der Waals surface area contributed by atoms with Crippen LogP contribution in [-0.2, 0) is 6.54 Å². The summed E-state index contributed by atoms with van der Waals surface area (Å²) >= 11 is 3.26. The third-order valence-corrected chi connectivity index (χ3v) is 3.74. The Morgan fingerprint density at radius 1 is 1.32 bits per heavy atom. The number of rotatable bonds is 4. The largest absolute Gasteiger partial charge is 0.349 e. The van der Waals surface area contributed by atoms with E-state index < -0.39 is 0 Å². The van der Waals surface area contributed by atoms with Gasteiger partial charge < -0.3 is 10.3 Å². The first-order valence-electron chi connectivity index (χ1n) is 6.32. The molecule has 0 amide bonds. The number of nitrogens with zero attached hydrogens (tertiary/aromatic N) is 1. The van der Waals surface area contributed by atoms with E-state index in [-0.39, 0.29) is 11.9 Å². The van der Waals surface area contributed by atoms with Crippen molar-refractivity contribution in [2.75, 3.05) is 0 Å². The Kier molecular flexibility index (Phi) is 4.42. The van der Waals surface area contributed by atoms with Crippen LogP contribution in [0.2, 0.25) is 0 Å². The third kappa shape index (κ3) is 3.45. The van der Waals surface area contributed by atoms with Crippen molar-refractivity contribution in [1.82, 2.24) is 4.57 Å². The van der Waals surface area contributed by atoms with Crippen LogP contribution in [0.15, 0.2) is 41.1 Å². The summed E-state index contributed by atoms with van der Waals surface area (Å²) in [5.41, 5.74) is 7.86. The highest BCUT2D eigenvalue weighted by molar-refractivity contribution is 9.10. The molecule has 0 spiro atoms. The van der Waals surface area contributed by atoms with Crippen LogP contribution in [0.5, 0.6) is 0 Å². The fraction of sp³-hybridized carbons (Fsp3) is 0.333. The van der Waals surface area contributed by atoms with E-state index in [1.807, 2.05) is 29.1 Å². The van der Waals surface area contributed by atoms with Crippen LogP contribution in [0.3, 0.4) is 0 Å². The van der Waals surface area contributed by atoms with Gasteiger partial charge >= 0.3 is 0 Å². The monoisotopic (exact) mass is 324 g/mol. The van der Waals surface area contributed by atoms with Crippen molar-refractivity contribution in [3.63, 3.8) is 0 Å². The molecular formula is C15H18BrFN2. The minimum absolute atomic E-state index is 0.0241. The molecule has 1 aromatic heterocycles. The molecule has 1 atom stereocenters. The highest BCUT2D eigenvalue weighted by Gasteiger charge is 2.12. The van der Waals surface area contributed by atoms with Crippen LogP contribution in [-0.4, -0.2) is 4.57 Å². The molecule has 0 saturated heterocycles. The zero-order valence-electron chi connectivity index (χ0n) is 11.1. The Labute approximate surface area is 121 Å².